The Labute approximate surface area is 74.2 Å². The van der Waals surface area contributed by atoms with Gasteiger partial charge in [-0.05, 0) is 0 Å². The van der Waals surface area contributed by atoms with Crippen molar-refractivity contribution in [3.8, 4) is 0 Å². The molecule has 13 heteroatoms. The van der Waals surface area contributed by atoms with Crippen LogP contribution in [0.2, 0.25) is 0 Å². The molecule has 0 aromatic heterocycles. The van der Waals surface area contributed by atoms with Crippen molar-refractivity contribution in [2.24, 2.45) is 0 Å². The highest BCUT2D eigenvalue weighted by Crippen LogP contribution is 1.59. The molecular weight excluding hydrogens is 220 g/mol. The summed E-state index contributed by atoms with van der Waals surface area (Å²) >= 11 is 0. The fraction of sp³-hybridized carbons (Fsp3) is 0. The average Bonchev–Trinajstić information content (AvgIpc) is 0.722. The van der Waals surface area contributed by atoms with E-state index in [-0.39, 0.29) is 45.2 Å². The van der Waals surface area contributed by atoms with Gasteiger partial charge in [0.05, 0.1) is 0 Å². The van der Waals surface area contributed by atoms with E-state index in [0.29, 0.717) is 0 Å². The summed E-state index contributed by atoms with van der Waals surface area (Å²) in [5, 5.41) is 0. The highest BCUT2D eigenvalue weighted by molar-refractivity contribution is 7.79. The van der Waals surface area contributed by atoms with Crippen molar-refractivity contribution in [3.63, 3.8) is 0 Å². The predicted molar refractivity (Wildman–Crippen MR) is 45.9 cm³/mol. The summed E-state index contributed by atoms with van der Waals surface area (Å²) in [5.41, 5.74) is 0. The van der Waals surface area contributed by atoms with Crippen LogP contribution in [0, 0.1) is 0 Å². The van der Waals surface area contributed by atoms with Gasteiger partial charge in [-0.25, -0.2) is 0 Å². The Bertz CT molecular complexity index is 96.1. The molecule has 0 amide bonds. The van der Waals surface area contributed by atoms with Crippen LogP contribution in [0.4, 0.5) is 0 Å². The van der Waals surface area contributed by atoms with Crippen LogP contribution in [0.15, 0.2) is 0 Å². The minimum atomic E-state index is -4.67. The van der Waals surface area contributed by atoms with Crippen LogP contribution in [-0.4, -0.2) is 50.4 Å². The zero-order chi connectivity index (χ0) is 4.50. The van der Waals surface area contributed by atoms with Gasteiger partial charge in [-0.15, -0.1) is 0 Å². The van der Waals surface area contributed by atoms with Crippen LogP contribution in [0.5, 0.6) is 0 Å². The Morgan fingerprint density at radius 1 is 0.615 bits per heavy atom. The van der Waals surface area contributed by atoms with Crippen LogP contribution >= 0.6 is 0 Å². The first-order valence-electron chi connectivity index (χ1n) is 0.698. The van der Waals surface area contributed by atoms with Crippen molar-refractivity contribution >= 4 is 10.4 Å². The lowest BCUT2D eigenvalue weighted by molar-refractivity contribution is 0.381. The van der Waals surface area contributed by atoms with Crippen LogP contribution in [-0.2, 0) is 10.4 Å². The molecule has 12 nitrogen and oxygen atoms in total. The van der Waals surface area contributed by atoms with Gasteiger partial charge in [0.25, 0.3) is 0 Å². The second-order valence-electron chi connectivity index (χ2n) is 0.448. The molecule has 0 unspecified atom stereocenters. The summed E-state index contributed by atoms with van der Waals surface area (Å²) in [6, 6.07) is 0. The molecule has 96 valence electrons. The fourth-order valence-electron chi connectivity index (χ4n) is 0. The SMILES string of the molecule is N.N.O.O.O.O.O.O.O=S(=O)(O)O. The van der Waals surface area contributed by atoms with Crippen molar-refractivity contribution in [2.75, 3.05) is 0 Å². The molecule has 20 N–H and O–H groups in total. The van der Waals surface area contributed by atoms with Gasteiger partial charge in [-0.2, -0.15) is 8.42 Å². The largest absolute Gasteiger partial charge is 0.412 e. The highest BCUT2D eigenvalue weighted by atomic mass is 32.3. The lowest BCUT2D eigenvalue weighted by Crippen LogP contribution is -1.89. The van der Waals surface area contributed by atoms with E-state index in [1.807, 2.05) is 0 Å². The zero-order valence-corrected chi connectivity index (χ0v) is 7.35. The third kappa shape index (κ3) is 5200. The van der Waals surface area contributed by atoms with Crippen molar-refractivity contribution in [1.82, 2.24) is 12.3 Å². The van der Waals surface area contributed by atoms with Crippen molar-refractivity contribution in [1.29, 1.82) is 0 Å². The normalized spacial score (nSPS) is 4.46. The Kier molecular flexibility index (Phi) is 426. The zero-order valence-electron chi connectivity index (χ0n) is 6.53. The molecular formula is H20N2O10S. The summed E-state index contributed by atoms with van der Waals surface area (Å²) in [5.74, 6) is 0. The van der Waals surface area contributed by atoms with Crippen LogP contribution < -0.4 is 12.3 Å². The van der Waals surface area contributed by atoms with Gasteiger partial charge in [-0.1, -0.05) is 0 Å². The average molecular weight is 240 g/mol. The molecule has 0 aliphatic rings. The summed E-state index contributed by atoms with van der Waals surface area (Å²) < 4.78 is 31.6. The van der Waals surface area contributed by atoms with E-state index in [2.05, 4.69) is 0 Å². The Morgan fingerprint density at radius 2 is 0.615 bits per heavy atom. The molecule has 0 aliphatic heterocycles. The highest BCUT2D eigenvalue weighted by Gasteiger charge is 1.84. The van der Waals surface area contributed by atoms with Gasteiger partial charge in [0.15, 0.2) is 0 Å². The molecule has 0 saturated heterocycles. The van der Waals surface area contributed by atoms with E-state index < -0.39 is 10.4 Å². The topological polar surface area (TPSA) is 334 Å². The molecule has 0 bridgehead atoms. The molecule has 0 aromatic rings. The van der Waals surface area contributed by atoms with Crippen molar-refractivity contribution < 1.29 is 50.4 Å². The monoisotopic (exact) mass is 240 g/mol. The van der Waals surface area contributed by atoms with Gasteiger partial charge in [0, 0.05) is 0 Å². The van der Waals surface area contributed by atoms with Crippen LogP contribution in [0.25, 0.3) is 0 Å². The predicted octanol–water partition coefficient (Wildman–Crippen LogP) is -5.28. The lowest BCUT2D eigenvalue weighted by atomic mass is 14.0. The first-order chi connectivity index (χ1) is 2.00. The molecule has 0 radical (unpaired) electrons. The van der Waals surface area contributed by atoms with Gasteiger partial charge >= 0.3 is 10.4 Å². The van der Waals surface area contributed by atoms with Crippen molar-refractivity contribution in [2.45, 2.75) is 0 Å². The van der Waals surface area contributed by atoms with Gasteiger partial charge < -0.3 is 45.2 Å². The summed E-state index contributed by atoms with van der Waals surface area (Å²) in [7, 11) is -4.67. The summed E-state index contributed by atoms with van der Waals surface area (Å²) in [6.45, 7) is 0. The molecule has 0 heterocycles. The standard InChI is InChI=1S/2H3N.H2O4S.6H2O/c;;1-5(2,3)4;;;;;;/h2*1H3;(H2,1,2,3,4);6*1H2. The lowest BCUT2D eigenvalue weighted by Gasteiger charge is -1.68. The summed E-state index contributed by atoms with van der Waals surface area (Å²) in [4.78, 5) is 0. The van der Waals surface area contributed by atoms with Crippen LogP contribution in [0.1, 0.15) is 0 Å². The number of hydrogen-bond donors (Lipinski definition) is 4. The Hall–Kier alpha value is -0.450. The van der Waals surface area contributed by atoms with E-state index in [9.17, 15) is 0 Å². The molecule has 0 saturated carbocycles. The first kappa shape index (κ1) is 133. The molecule has 0 aliphatic carbocycles. The van der Waals surface area contributed by atoms with E-state index in [1.54, 1.807) is 0 Å². The van der Waals surface area contributed by atoms with Crippen molar-refractivity contribution in [3.05, 3.63) is 0 Å². The third-order valence-electron chi connectivity index (χ3n) is 0. The minimum Gasteiger partial charge on any atom is -0.412 e. The first-order valence-corrected chi connectivity index (χ1v) is 2.10. The van der Waals surface area contributed by atoms with Crippen LogP contribution in [0.3, 0.4) is 0 Å². The third-order valence-corrected chi connectivity index (χ3v) is 0. The fourth-order valence-corrected chi connectivity index (χ4v) is 0. The maximum absolute atomic E-state index is 8.74. The second kappa shape index (κ2) is 41.7. The van der Waals surface area contributed by atoms with E-state index in [0.717, 1.165) is 0 Å². The molecule has 0 rings (SSSR count). The quantitative estimate of drug-likeness (QED) is 0.299. The molecule has 0 atom stereocenters. The smallest absolute Gasteiger partial charge is 0.394 e. The van der Waals surface area contributed by atoms with Gasteiger partial charge in [0.1, 0.15) is 0 Å². The maximum Gasteiger partial charge on any atom is 0.394 e. The summed E-state index contributed by atoms with van der Waals surface area (Å²) in [6.07, 6.45) is 0. The van der Waals surface area contributed by atoms with Gasteiger partial charge in [0.2, 0.25) is 0 Å². The number of rotatable bonds is 0. The Balaban J connectivity index is -0.00000000286. The van der Waals surface area contributed by atoms with Gasteiger partial charge in [-0.3, -0.25) is 9.11 Å². The molecule has 0 aromatic carbocycles. The maximum atomic E-state index is 8.74. The van der Waals surface area contributed by atoms with E-state index in [4.69, 9.17) is 17.5 Å². The molecule has 0 fully saturated rings. The van der Waals surface area contributed by atoms with E-state index >= 15 is 0 Å². The minimum absolute atomic E-state index is 0. The molecule has 0 spiro atoms. The number of hydrogen-bond acceptors (Lipinski definition) is 4. The van der Waals surface area contributed by atoms with E-state index in [1.165, 1.54) is 0 Å². The second-order valence-corrected chi connectivity index (χ2v) is 1.34. The Morgan fingerprint density at radius 3 is 0.615 bits per heavy atom. The molecule has 13 heavy (non-hydrogen) atoms.